The average Bonchev–Trinajstić information content (AvgIpc) is 2.77. The van der Waals surface area contributed by atoms with E-state index in [2.05, 4.69) is 39.8 Å². The smallest absolute Gasteiger partial charge is 0.309 e. The van der Waals surface area contributed by atoms with E-state index in [9.17, 15) is 14.0 Å². The van der Waals surface area contributed by atoms with Gasteiger partial charge in [-0.3, -0.25) is 9.59 Å². The summed E-state index contributed by atoms with van der Waals surface area (Å²) in [6.07, 6.45) is 5.46. The third-order valence-corrected chi connectivity index (χ3v) is 5.16. The second-order valence-corrected chi connectivity index (χ2v) is 7.38. The summed E-state index contributed by atoms with van der Waals surface area (Å²) in [5, 5.41) is 5.18. The Morgan fingerprint density at radius 1 is 0.828 bits per heavy atom. The van der Waals surface area contributed by atoms with Crippen LogP contribution in [-0.2, 0) is 22.6 Å². The average molecular weight is 397 g/mol. The number of halogens is 1. The Morgan fingerprint density at radius 2 is 1.45 bits per heavy atom. The number of hydrogen-bond donors (Lipinski definition) is 2. The van der Waals surface area contributed by atoms with Crippen LogP contribution in [0.5, 0.6) is 0 Å². The molecular formula is C23H28FN3O2. The van der Waals surface area contributed by atoms with Crippen molar-refractivity contribution in [3.05, 3.63) is 65.5 Å². The molecular weight excluding hydrogens is 369 g/mol. The molecule has 1 heterocycles. The van der Waals surface area contributed by atoms with E-state index in [0.29, 0.717) is 6.54 Å². The molecule has 0 saturated carbocycles. The Kier molecular flexibility index (Phi) is 7.61. The Morgan fingerprint density at radius 3 is 2.14 bits per heavy atom. The largest absolute Gasteiger partial charge is 0.372 e. The number of nitrogens with zero attached hydrogens (tertiary/aromatic N) is 1. The molecule has 6 heteroatoms. The van der Waals surface area contributed by atoms with Crippen molar-refractivity contribution in [3.8, 4) is 0 Å². The number of anilines is 1. The lowest BCUT2D eigenvalue weighted by Gasteiger charge is -2.28. The highest BCUT2D eigenvalue weighted by Gasteiger charge is 2.13. The summed E-state index contributed by atoms with van der Waals surface area (Å²) in [4.78, 5) is 26.1. The predicted molar refractivity (Wildman–Crippen MR) is 112 cm³/mol. The van der Waals surface area contributed by atoms with Crippen molar-refractivity contribution < 1.29 is 14.0 Å². The molecule has 2 amide bonds. The second-order valence-electron chi connectivity index (χ2n) is 7.38. The quantitative estimate of drug-likeness (QED) is 0.557. The summed E-state index contributed by atoms with van der Waals surface area (Å²) >= 11 is 0. The number of aryl methyl sites for hydroxylation is 1. The van der Waals surface area contributed by atoms with Crippen molar-refractivity contribution >= 4 is 17.5 Å². The molecule has 5 nitrogen and oxygen atoms in total. The van der Waals surface area contributed by atoms with Crippen LogP contribution in [0.2, 0.25) is 0 Å². The Balaban J connectivity index is 1.33. The first-order valence-electron chi connectivity index (χ1n) is 10.3. The summed E-state index contributed by atoms with van der Waals surface area (Å²) in [5.74, 6) is -1.66. The van der Waals surface area contributed by atoms with Crippen LogP contribution in [0.25, 0.3) is 0 Å². The minimum atomic E-state index is -0.680. The number of nitrogens with one attached hydrogen (secondary N) is 2. The van der Waals surface area contributed by atoms with Crippen LogP contribution in [0.1, 0.15) is 36.8 Å². The van der Waals surface area contributed by atoms with Crippen LogP contribution in [0, 0.1) is 5.82 Å². The van der Waals surface area contributed by atoms with Gasteiger partial charge in [-0.15, -0.1) is 0 Å². The molecule has 0 atom stereocenters. The highest BCUT2D eigenvalue weighted by molar-refractivity contribution is 6.35. The fraction of sp³-hybridized carbons (Fsp3) is 0.391. The van der Waals surface area contributed by atoms with Gasteiger partial charge in [-0.2, -0.15) is 0 Å². The van der Waals surface area contributed by atoms with Gasteiger partial charge < -0.3 is 15.5 Å². The molecule has 2 N–H and O–H groups in total. The molecule has 0 aromatic heterocycles. The number of benzene rings is 2. The maximum atomic E-state index is 12.9. The summed E-state index contributed by atoms with van der Waals surface area (Å²) in [6, 6.07) is 14.4. The maximum Gasteiger partial charge on any atom is 0.309 e. The van der Waals surface area contributed by atoms with Gasteiger partial charge in [0.2, 0.25) is 0 Å². The van der Waals surface area contributed by atoms with E-state index in [1.165, 1.54) is 42.6 Å². The summed E-state index contributed by atoms with van der Waals surface area (Å²) < 4.78 is 12.9. The summed E-state index contributed by atoms with van der Waals surface area (Å²) in [6.45, 7) is 2.90. The first-order chi connectivity index (χ1) is 14.1. The maximum absolute atomic E-state index is 12.9. The monoisotopic (exact) mass is 397 g/mol. The Labute approximate surface area is 171 Å². The normalized spacial score (nSPS) is 13.8. The Hall–Kier alpha value is -2.89. The first kappa shape index (κ1) is 20.8. The van der Waals surface area contributed by atoms with Gasteiger partial charge in [0.05, 0.1) is 0 Å². The number of rotatable bonds is 7. The van der Waals surface area contributed by atoms with Gasteiger partial charge in [0, 0.05) is 31.9 Å². The van der Waals surface area contributed by atoms with Gasteiger partial charge in [-0.25, -0.2) is 4.39 Å². The van der Waals surface area contributed by atoms with Crippen LogP contribution < -0.4 is 15.5 Å². The topological polar surface area (TPSA) is 61.4 Å². The van der Waals surface area contributed by atoms with Gasteiger partial charge in [-0.1, -0.05) is 24.3 Å². The fourth-order valence-corrected chi connectivity index (χ4v) is 3.47. The summed E-state index contributed by atoms with van der Waals surface area (Å²) in [7, 11) is 0. The van der Waals surface area contributed by atoms with Crippen molar-refractivity contribution in [2.75, 3.05) is 24.5 Å². The lowest BCUT2D eigenvalue weighted by molar-refractivity contribution is -0.139. The fourth-order valence-electron chi connectivity index (χ4n) is 3.47. The summed E-state index contributed by atoms with van der Waals surface area (Å²) in [5.41, 5.74) is 3.24. The molecule has 0 bridgehead atoms. The molecule has 2 aromatic carbocycles. The van der Waals surface area contributed by atoms with Gasteiger partial charge >= 0.3 is 11.8 Å². The molecule has 0 aliphatic carbocycles. The molecule has 0 unspecified atom stereocenters. The predicted octanol–water partition coefficient (Wildman–Crippen LogP) is 3.18. The van der Waals surface area contributed by atoms with Crippen LogP contribution in [0.3, 0.4) is 0 Å². The standard InChI is InChI=1S/C23H28FN3O2/c24-20-10-6-19(7-11-20)17-26-23(29)22(28)25-14-4-5-18-8-12-21(13-9-18)27-15-2-1-3-16-27/h6-13H,1-5,14-17H2,(H,25,28)(H,26,29). The van der Waals surface area contributed by atoms with Gasteiger partial charge in [0.1, 0.15) is 5.82 Å². The molecule has 0 radical (unpaired) electrons. The van der Waals surface area contributed by atoms with Crippen molar-refractivity contribution in [3.63, 3.8) is 0 Å². The van der Waals surface area contributed by atoms with E-state index in [1.54, 1.807) is 12.1 Å². The lowest BCUT2D eigenvalue weighted by Crippen LogP contribution is -2.40. The zero-order chi connectivity index (χ0) is 20.5. The Bertz CT molecular complexity index is 800. The molecule has 0 spiro atoms. The van der Waals surface area contributed by atoms with Crippen molar-refractivity contribution in [2.24, 2.45) is 0 Å². The molecule has 1 saturated heterocycles. The zero-order valence-corrected chi connectivity index (χ0v) is 16.6. The molecule has 1 fully saturated rings. The highest BCUT2D eigenvalue weighted by atomic mass is 19.1. The van der Waals surface area contributed by atoms with Gasteiger partial charge in [0.25, 0.3) is 0 Å². The van der Waals surface area contributed by atoms with Crippen molar-refractivity contribution in [1.29, 1.82) is 0 Å². The highest BCUT2D eigenvalue weighted by Crippen LogP contribution is 2.20. The van der Waals surface area contributed by atoms with E-state index in [-0.39, 0.29) is 12.4 Å². The molecule has 1 aliphatic rings. The molecule has 29 heavy (non-hydrogen) atoms. The number of carbonyl (C=O) groups is 2. The van der Waals surface area contributed by atoms with Gasteiger partial charge in [-0.05, 0) is 67.5 Å². The molecule has 2 aromatic rings. The first-order valence-corrected chi connectivity index (χ1v) is 10.3. The molecule has 1 aliphatic heterocycles. The van der Waals surface area contributed by atoms with E-state index >= 15 is 0 Å². The minimum Gasteiger partial charge on any atom is -0.372 e. The molecule has 154 valence electrons. The third kappa shape index (κ3) is 6.59. The van der Waals surface area contributed by atoms with Crippen molar-refractivity contribution in [1.82, 2.24) is 10.6 Å². The second kappa shape index (κ2) is 10.6. The van der Waals surface area contributed by atoms with Gasteiger partial charge in [0.15, 0.2) is 0 Å². The van der Waals surface area contributed by atoms with Crippen LogP contribution in [0.15, 0.2) is 48.5 Å². The number of amides is 2. The lowest BCUT2D eigenvalue weighted by atomic mass is 10.1. The van der Waals surface area contributed by atoms with Crippen molar-refractivity contribution in [2.45, 2.75) is 38.6 Å². The number of carbonyl (C=O) groups excluding carboxylic acids is 2. The van der Waals surface area contributed by atoms with Crippen LogP contribution in [-0.4, -0.2) is 31.4 Å². The van der Waals surface area contributed by atoms with E-state index in [1.807, 2.05) is 0 Å². The number of piperidine rings is 1. The van der Waals surface area contributed by atoms with Crippen LogP contribution >= 0.6 is 0 Å². The van der Waals surface area contributed by atoms with E-state index < -0.39 is 11.8 Å². The zero-order valence-electron chi connectivity index (χ0n) is 16.6. The van der Waals surface area contributed by atoms with Crippen LogP contribution in [0.4, 0.5) is 10.1 Å². The third-order valence-electron chi connectivity index (χ3n) is 5.16. The SMILES string of the molecule is O=C(NCCCc1ccc(N2CCCCC2)cc1)C(=O)NCc1ccc(F)cc1. The van der Waals surface area contributed by atoms with E-state index in [4.69, 9.17) is 0 Å². The minimum absolute atomic E-state index is 0.190. The molecule has 3 rings (SSSR count). The number of hydrogen-bond acceptors (Lipinski definition) is 3. The van der Waals surface area contributed by atoms with E-state index in [0.717, 1.165) is 31.5 Å².